The van der Waals surface area contributed by atoms with Crippen LogP contribution in [-0.2, 0) is 23.1 Å². The van der Waals surface area contributed by atoms with Crippen molar-refractivity contribution in [1.82, 2.24) is 9.71 Å². The summed E-state index contributed by atoms with van der Waals surface area (Å²) in [6.45, 7) is 2.50. The Labute approximate surface area is 116 Å². The van der Waals surface area contributed by atoms with E-state index in [1.807, 2.05) is 6.92 Å². The summed E-state index contributed by atoms with van der Waals surface area (Å²) in [7, 11) is -3.47. The molecule has 2 rings (SSSR count). The molecular weight excluding hydrogens is 282 g/mol. The second kappa shape index (κ2) is 5.79. The van der Waals surface area contributed by atoms with Crippen LogP contribution < -0.4 is 10.5 Å². The lowest BCUT2D eigenvalue weighted by atomic mass is 10.2. The fraction of sp³-hybridized carbons (Fsp3) is 0.250. The number of nitrogens with two attached hydrogens (primary N) is 1. The van der Waals surface area contributed by atoms with Gasteiger partial charge in [-0.25, -0.2) is 13.1 Å². The molecule has 0 amide bonds. The Balaban J connectivity index is 2.12. The molecule has 0 bridgehead atoms. The van der Waals surface area contributed by atoms with E-state index in [2.05, 4.69) is 9.71 Å². The van der Waals surface area contributed by atoms with Crippen LogP contribution in [0.25, 0.3) is 0 Å². The van der Waals surface area contributed by atoms with E-state index >= 15 is 0 Å². The van der Waals surface area contributed by atoms with Crippen LogP contribution in [0.5, 0.6) is 0 Å². The molecule has 2 heterocycles. The number of sulfonamides is 1. The maximum Gasteiger partial charge on any atom is 0.250 e. The van der Waals surface area contributed by atoms with E-state index in [1.54, 1.807) is 29.9 Å². The number of hydrogen-bond acceptors (Lipinski definition) is 5. The van der Waals surface area contributed by atoms with Gasteiger partial charge >= 0.3 is 0 Å². The molecule has 0 aliphatic carbocycles. The van der Waals surface area contributed by atoms with Gasteiger partial charge in [0.2, 0.25) is 10.0 Å². The van der Waals surface area contributed by atoms with Crippen LogP contribution in [0.1, 0.15) is 16.7 Å². The number of nitrogens with zero attached hydrogens (tertiary/aromatic N) is 1. The third-order valence-corrected chi connectivity index (χ3v) is 5.61. The predicted octanol–water partition coefficient (Wildman–Crippen LogP) is 1.39. The third-order valence-electron chi connectivity index (χ3n) is 2.72. The molecule has 0 saturated carbocycles. The van der Waals surface area contributed by atoms with Gasteiger partial charge in [-0.15, -0.1) is 11.3 Å². The van der Waals surface area contributed by atoms with Crippen LogP contribution in [0.15, 0.2) is 34.1 Å². The lowest BCUT2D eigenvalue weighted by molar-refractivity contribution is 0.583. The first-order valence-corrected chi connectivity index (χ1v) is 8.06. The van der Waals surface area contributed by atoms with Gasteiger partial charge in [0.25, 0.3) is 0 Å². The average molecular weight is 297 g/mol. The van der Waals surface area contributed by atoms with Crippen molar-refractivity contribution >= 4 is 21.4 Å². The molecule has 5 nitrogen and oxygen atoms in total. The van der Waals surface area contributed by atoms with Gasteiger partial charge in [-0.1, -0.05) is 0 Å². The third kappa shape index (κ3) is 3.38. The van der Waals surface area contributed by atoms with Gasteiger partial charge in [0.15, 0.2) is 0 Å². The number of aryl methyl sites for hydroxylation is 1. The standard InChI is InChI=1S/C12H15N3O2S2/c1-9-6-14-3-2-11(9)7-15-19(16,17)12-4-10(5-13)8-18-12/h2-4,6,8,15H,5,7,13H2,1H3. The molecule has 3 N–H and O–H groups in total. The van der Waals surface area contributed by atoms with Gasteiger partial charge in [-0.05, 0) is 41.1 Å². The summed E-state index contributed by atoms with van der Waals surface area (Å²) in [4.78, 5) is 3.97. The summed E-state index contributed by atoms with van der Waals surface area (Å²) in [6, 6.07) is 3.41. The summed E-state index contributed by atoms with van der Waals surface area (Å²) in [5.41, 5.74) is 8.17. The van der Waals surface area contributed by atoms with E-state index < -0.39 is 10.0 Å². The van der Waals surface area contributed by atoms with Gasteiger partial charge < -0.3 is 5.73 Å². The van der Waals surface area contributed by atoms with Crippen LogP contribution >= 0.6 is 11.3 Å². The summed E-state index contributed by atoms with van der Waals surface area (Å²) in [5, 5.41) is 1.76. The fourth-order valence-electron chi connectivity index (χ4n) is 1.55. The normalized spacial score (nSPS) is 11.7. The topological polar surface area (TPSA) is 85.1 Å². The van der Waals surface area contributed by atoms with Crippen molar-refractivity contribution in [2.24, 2.45) is 5.73 Å². The van der Waals surface area contributed by atoms with Crippen LogP contribution in [-0.4, -0.2) is 13.4 Å². The number of nitrogens with one attached hydrogen (secondary N) is 1. The molecule has 0 atom stereocenters. The minimum atomic E-state index is -3.47. The molecular formula is C12H15N3O2S2. The molecule has 102 valence electrons. The summed E-state index contributed by atoms with van der Waals surface area (Å²) in [5.74, 6) is 0. The van der Waals surface area contributed by atoms with Gasteiger partial charge in [-0.3, -0.25) is 4.98 Å². The van der Waals surface area contributed by atoms with Crippen LogP contribution in [0.4, 0.5) is 0 Å². The quantitative estimate of drug-likeness (QED) is 0.873. The highest BCUT2D eigenvalue weighted by Gasteiger charge is 2.16. The monoisotopic (exact) mass is 297 g/mol. The van der Waals surface area contributed by atoms with Gasteiger partial charge in [0.05, 0.1) is 0 Å². The number of rotatable bonds is 5. The maximum absolute atomic E-state index is 12.1. The van der Waals surface area contributed by atoms with Crippen molar-refractivity contribution in [3.8, 4) is 0 Å². The number of thiophene rings is 1. The van der Waals surface area contributed by atoms with Crippen molar-refractivity contribution in [1.29, 1.82) is 0 Å². The smallest absolute Gasteiger partial charge is 0.250 e. The van der Waals surface area contributed by atoms with E-state index in [0.29, 0.717) is 10.8 Å². The second-order valence-corrected chi connectivity index (χ2v) is 7.01. The zero-order valence-corrected chi connectivity index (χ0v) is 12.1. The highest BCUT2D eigenvalue weighted by atomic mass is 32.2. The first-order chi connectivity index (χ1) is 9.03. The van der Waals surface area contributed by atoms with E-state index in [4.69, 9.17) is 5.73 Å². The fourth-order valence-corrected chi connectivity index (χ4v) is 3.82. The van der Waals surface area contributed by atoms with Crippen LogP contribution in [0.3, 0.4) is 0 Å². The Morgan fingerprint density at radius 1 is 1.47 bits per heavy atom. The van der Waals surface area contributed by atoms with Gasteiger partial charge in [-0.2, -0.15) is 0 Å². The molecule has 0 radical (unpaired) electrons. The van der Waals surface area contributed by atoms with Gasteiger partial charge in [0.1, 0.15) is 4.21 Å². The summed E-state index contributed by atoms with van der Waals surface area (Å²) >= 11 is 1.18. The Morgan fingerprint density at radius 2 is 2.26 bits per heavy atom. The molecule has 0 saturated heterocycles. The largest absolute Gasteiger partial charge is 0.326 e. The minimum absolute atomic E-state index is 0.256. The molecule has 7 heteroatoms. The first-order valence-electron chi connectivity index (χ1n) is 5.69. The molecule has 0 aliphatic heterocycles. The number of hydrogen-bond donors (Lipinski definition) is 2. The average Bonchev–Trinajstić information content (AvgIpc) is 2.87. The Hall–Kier alpha value is -1.28. The molecule has 0 spiro atoms. The lowest BCUT2D eigenvalue weighted by Gasteiger charge is -2.06. The minimum Gasteiger partial charge on any atom is -0.326 e. The van der Waals surface area contributed by atoms with Crippen molar-refractivity contribution in [2.45, 2.75) is 24.2 Å². The molecule has 0 fully saturated rings. The predicted molar refractivity (Wildman–Crippen MR) is 75.2 cm³/mol. The lowest BCUT2D eigenvalue weighted by Crippen LogP contribution is -2.22. The van der Waals surface area contributed by atoms with Gasteiger partial charge in [0, 0.05) is 25.5 Å². The van der Waals surface area contributed by atoms with E-state index in [0.717, 1.165) is 16.7 Å². The molecule has 0 aliphatic rings. The zero-order valence-electron chi connectivity index (χ0n) is 10.5. The molecule has 2 aromatic heterocycles. The molecule has 19 heavy (non-hydrogen) atoms. The Morgan fingerprint density at radius 3 is 2.89 bits per heavy atom. The molecule has 0 unspecified atom stereocenters. The van der Waals surface area contributed by atoms with Crippen molar-refractivity contribution in [2.75, 3.05) is 0 Å². The van der Waals surface area contributed by atoms with Crippen molar-refractivity contribution in [3.63, 3.8) is 0 Å². The number of aromatic nitrogens is 1. The number of pyridine rings is 1. The molecule has 0 aromatic carbocycles. The highest BCUT2D eigenvalue weighted by Crippen LogP contribution is 2.20. The van der Waals surface area contributed by atoms with Crippen LogP contribution in [0, 0.1) is 6.92 Å². The highest BCUT2D eigenvalue weighted by molar-refractivity contribution is 7.91. The van der Waals surface area contributed by atoms with E-state index in [9.17, 15) is 8.42 Å². The zero-order chi connectivity index (χ0) is 13.9. The van der Waals surface area contributed by atoms with E-state index in [1.165, 1.54) is 11.3 Å². The SMILES string of the molecule is Cc1cnccc1CNS(=O)(=O)c1cc(CN)cs1. The second-order valence-electron chi connectivity index (χ2n) is 4.10. The maximum atomic E-state index is 12.1. The molecule has 2 aromatic rings. The van der Waals surface area contributed by atoms with Crippen LogP contribution in [0.2, 0.25) is 0 Å². The Kier molecular flexibility index (Phi) is 4.31. The van der Waals surface area contributed by atoms with Crippen molar-refractivity contribution < 1.29 is 8.42 Å². The Bertz CT molecular complexity index is 665. The first kappa shape index (κ1) is 14.1. The van der Waals surface area contributed by atoms with Crippen molar-refractivity contribution in [3.05, 3.63) is 46.6 Å². The summed E-state index contributed by atoms with van der Waals surface area (Å²) < 4.78 is 27.1. The summed E-state index contributed by atoms with van der Waals surface area (Å²) in [6.07, 6.45) is 3.36. The van der Waals surface area contributed by atoms with E-state index in [-0.39, 0.29) is 6.54 Å².